The van der Waals surface area contributed by atoms with Gasteiger partial charge in [-0.15, -0.1) is 0 Å². The molecular weight excluding hydrogens is 542 g/mol. The number of phenols is 1. The second kappa shape index (κ2) is 10.4. The minimum Gasteiger partial charge on any atom is -0.507 e. The number of ether oxygens (including phenoxy) is 1. The smallest absolute Gasteiger partial charge is 0.235 e. The summed E-state index contributed by atoms with van der Waals surface area (Å²) in [4.78, 5) is 70.4. The molecule has 2 fully saturated rings. The molecule has 0 radical (unpaired) electrons. The highest BCUT2D eigenvalue weighted by molar-refractivity contribution is 6.32. The van der Waals surface area contributed by atoms with E-state index in [2.05, 4.69) is 0 Å². The zero-order valence-corrected chi connectivity index (χ0v) is 24.2. The highest BCUT2D eigenvalue weighted by Gasteiger charge is 2.69. The number of aromatic hydroxyl groups is 1. The van der Waals surface area contributed by atoms with Crippen molar-refractivity contribution in [2.45, 2.75) is 31.0 Å². The molecule has 0 saturated heterocycles. The Hall–Kier alpha value is -3.93. The standard InChI is InChI=1S/C31H35N3O8/c1-33(2)13-14-6-9-21(42-5)17(10-14)16-7-8-20(35)23-18(16)11-15-12-19-25(34(3)4)27(37)24(30(32)40)29(39)31(19,41)28(38)22(15)26(23)36/h6-10,15,19,22,24-25,35,41H,11-13H2,1-5H3,(H2,32,40)/t15-,19-,22?,24?,25-,31-/m0/s1. The van der Waals surface area contributed by atoms with Crippen molar-refractivity contribution in [3.05, 3.63) is 47.0 Å². The van der Waals surface area contributed by atoms with Crippen LogP contribution in [0.5, 0.6) is 11.5 Å². The van der Waals surface area contributed by atoms with Crippen LogP contribution in [0.4, 0.5) is 0 Å². The summed E-state index contributed by atoms with van der Waals surface area (Å²) in [7, 11) is 8.53. The minimum atomic E-state index is -2.76. The fraction of sp³-hybridized carbons (Fsp3) is 0.452. The van der Waals surface area contributed by atoms with E-state index < -0.39 is 64.4 Å². The molecule has 0 spiro atoms. The summed E-state index contributed by atoms with van der Waals surface area (Å²) < 4.78 is 5.64. The lowest BCUT2D eigenvalue weighted by atomic mass is 9.52. The van der Waals surface area contributed by atoms with Crippen molar-refractivity contribution in [1.29, 1.82) is 0 Å². The van der Waals surface area contributed by atoms with Gasteiger partial charge in [0, 0.05) is 18.0 Å². The van der Waals surface area contributed by atoms with Gasteiger partial charge in [-0.2, -0.15) is 0 Å². The van der Waals surface area contributed by atoms with Crippen LogP contribution in [0.3, 0.4) is 0 Å². The van der Waals surface area contributed by atoms with Crippen molar-refractivity contribution >= 4 is 29.0 Å². The van der Waals surface area contributed by atoms with Crippen LogP contribution in [0.25, 0.3) is 11.1 Å². The molecular formula is C31H35N3O8. The van der Waals surface area contributed by atoms with Crippen molar-refractivity contribution in [2.75, 3.05) is 35.3 Å². The summed E-state index contributed by atoms with van der Waals surface area (Å²) in [5.41, 5.74) is 5.43. The number of carbonyl (C=O) groups excluding carboxylic acids is 5. The summed E-state index contributed by atoms with van der Waals surface area (Å²) in [5.74, 6) is -10.2. The van der Waals surface area contributed by atoms with Gasteiger partial charge >= 0.3 is 0 Å². The number of hydrogen-bond donors (Lipinski definition) is 3. The first kappa shape index (κ1) is 29.6. The number of rotatable bonds is 6. The van der Waals surface area contributed by atoms with Crippen LogP contribution in [0.2, 0.25) is 0 Å². The number of primary amides is 1. The maximum absolute atomic E-state index is 14.0. The summed E-state index contributed by atoms with van der Waals surface area (Å²) >= 11 is 0. The predicted octanol–water partition coefficient (Wildman–Crippen LogP) is 0.604. The van der Waals surface area contributed by atoms with Crippen LogP contribution >= 0.6 is 0 Å². The summed E-state index contributed by atoms with van der Waals surface area (Å²) in [6.07, 6.45) is 0.146. The number of ketones is 4. The molecule has 2 aromatic rings. The molecule has 42 heavy (non-hydrogen) atoms. The third kappa shape index (κ3) is 4.26. The highest BCUT2D eigenvalue weighted by Crippen LogP contribution is 2.52. The Balaban J connectivity index is 1.66. The van der Waals surface area contributed by atoms with E-state index in [1.54, 1.807) is 20.2 Å². The van der Waals surface area contributed by atoms with E-state index in [1.165, 1.54) is 18.1 Å². The van der Waals surface area contributed by atoms with Crippen molar-refractivity contribution in [1.82, 2.24) is 9.80 Å². The van der Waals surface area contributed by atoms with E-state index in [9.17, 15) is 34.2 Å². The zero-order valence-electron chi connectivity index (χ0n) is 24.2. The van der Waals surface area contributed by atoms with Crippen molar-refractivity contribution in [2.24, 2.45) is 29.4 Å². The Labute approximate surface area is 243 Å². The Morgan fingerprint density at radius 1 is 1.05 bits per heavy atom. The molecule has 1 amide bonds. The van der Waals surface area contributed by atoms with Crippen LogP contribution < -0.4 is 10.5 Å². The van der Waals surface area contributed by atoms with Crippen LogP contribution in [-0.2, 0) is 32.1 Å². The number of benzene rings is 2. The van der Waals surface area contributed by atoms with E-state index in [4.69, 9.17) is 10.5 Å². The quantitative estimate of drug-likeness (QED) is 0.414. The highest BCUT2D eigenvalue weighted by atomic mass is 16.5. The van der Waals surface area contributed by atoms with Gasteiger partial charge in [0.05, 0.1) is 24.6 Å². The number of amides is 1. The van der Waals surface area contributed by atoms with Crippen molar-refractivity contribution < 1.29 is 38.9 Å². The number of nitrogens with two attached hydrogens (primary N) is 1. The number of phenolic OH excluding ortho intramolecular Hbond substituents is 1. The number of aliphatic hydroxyl groups is 1. The lowest BCUT2D eigenvalue weighted by molar-refractivity contribution is -0.181. The summed E-state index contributed by atoms with van der Waals surface area (Å²) in [5, 5.41) is 22.6. The average molecular weight is 578 g/mol. The number of likely N-dealkylation sites (N-methyl/N-ethyl adjacent to an activating group) is 1. The number of fused-ring (bicyclic) bond motifs is 3. The number of methoxy groups -OCH3 is 1. The Morgan fingerprint density at radius 2 is 1.74 bits per heavy atom. The molecule has 0 heterocycles. The van der Waals surface area contributed by atoms with Crippen molar-refractivity contribution in [3.8, 4) is 22.6 Å². The lowest BCUT2D eigenvalue weighted by Crippen LogP contribution is -2.74. The van der Waals surface area contributed by atoms with Crippen LogP contribution in [0.1, 0.15) is 27.9 Å². The maximum Gasteiger partial charge on any atom is 0.235 e. The molecule has 0 bridgehead atoms. The van der Waals surface area contributed by atoms with E-state index in [0.29, 0.717) is 29.0 Å². The molecule has 11 nitrogen and oxygen atoms in total. The first-order chi connectivity index (χ1) is 19.7. The maximum atomic E-state index is 14.0. The Kier molecular flexibility index (Phi) is 7.33. The van der Waals surface area contributed by atoms with Gasteiger partial charge in [-0.3, -0.25) is 28.9 Å². The van der Waals surface area contributed by atoms with Gasteiger partial charge in [0.15, 0.2) is 34.7 Å². The fourth-order valence-corrected chi connectivity index (χ4v) is 7.29. The van der Waals surface area contributed by atoms with E-state index >= 15 is 0 Å². The first-order valence-corrected chi connectivity index (χ1v) is 13.8. The third-order valence-electron chi connectivity index (χ3n) is 9.00. The number of nitrogens with zero attached hydrogens (tertiary/aromatic N) is 2. The van der Waals surface area contributed by atoms with Crippen LogP contribution in [0, 0.1) is 23.7 Å². The van der Waals surface area contributed by atoms with Gasteiger partial charge in [0.2, 0.25) is 5.91 Å². The van der Waals surface area contributed by atoms with Crippen LogP contribution in [-0.4, -0.2) is 96.0 Å². The second-order valence-electron chi connectivity index (χ2n) is 12.0. The average Bonchev–Trinajstić information content (AvgIpc) is 2.90. The number of Topliss-reactive ketones (excluding diaryl/α,β-unsaturated/α-hetero) is 4. The Morgan fingerprint density at radius 3 is 2.33 bits per heavy atom. The van der Waals surface area contributed by atoms with E-state index in [0.717, 1.165) is 5.56 Å². The molecule has 2 aromatic carbocycles. The van der Waals surface area contributed by atoms with Gasteiger partial charge in [-0.25, -0.2) is 0 Å². The predicted molar refractivity (Wildman–Crippen MR) is 151 cm³/mol. The third-order valence-corrected chi connectivity index (χ3v) is 9.00. The first-order valence-electron chi connectivity index (χ1n) is 13.8. The summed E-state index contributed by atoms with van der Waals surface area (Å²) in [6.45, 7) is 0.649. The largest absolute Gasteiger partial charge is 0.507 e. The van der Waals surface area contributed by atoms with Gasteiger partial charge < -0.3 is 25.6 Å². The lowest BCUT2D eigenvalue weighted by Gasteiger charge is -2.52. The molecule has 0 aliphatic heterocycles. The molecule has 2 unspecified atom stereocenters. The number of hydrogen-bond acceptors (Lipinski definition) is 10. The fourth-order valence-electron chi connectivity index (χ4n) is 7.29. The molecule has 11 heteroatoms. The monoisotopic (exact) mass is 577 g/mol. The zero-order chi connectivity index (χ0) is 30.8. The van der Waals surface area contributed by atoms with Crippen LogP contribution in [0.15, 0.2) is 30.3 Å². The van der Waals surface area contributed by atoms with Gasteiger partial charge in [-0.05, 0) is 81.8 Å². The van der Waals surface area contributed by atoms with Gasteiger partial charge in [0.1, 0.15) is 11.5 Å². The van der Waals surface area contributed by atoms with E-state index in [1.807, 2.05) is 37.2 Å². The second-order valence-corrected chi connectivity index (χ2v) is 12.0. The Bertz CT molecular complexity index is 1530. The molecule has 6 atom stereocenters. The number of carbonyl (C=O) groups is 5. The molecule has 3 aliphatic carbocycles. The normalized spacial score (nSPS) is 28.9. The van der Waals surface area contributed by atoms with Gasteiger partial charge in [-0.1, -0.05) is 12.1 Å². The molecule has 222 valence electrons. The molecule has 4 N–H and O–H groups in total. The van der Waals surface area contributed by atoms with Gasteiger partial charge in [0.25, 0.3) is 0 Å². The minimum absolute atomic E-state index is 0.0171. The topological polar surface area (TPSA) is 168 Å². The molecule has 5 rings (SSSR count). The molecule has 0 aromatic heterocycles. The SMILES string of the molecule is COc1ccc(CN(C)C)cc1-c1ccc(O)c2c1C[C@H]1C[C@H]3[C@H](N(C)C)C(=O)C(C(N)=O)C(=O)[C@@]3(O)C(=O)C1C2=O. The van der Waals surface area contributed by atoms with E-state index in [-0.39, 0.29) is 24.2 Å². The van der Waals surface area contributed by atoms with Crippen molar-refractivity contribution in [3.63, 3.8) is 0 Å². The molecule has 3 aliphatic rings. The summed E-state index contributed by atoms with van der Waals surface area (Å²) in [6, 6.07) is 7.66. The molecule has 2 saturated carbocycles.